The van der Waals surface area contributed by atoms with Crippen LogP contribution >= 0.6 is 0 Å². The first kappa shape index (κ1) is 17.4. The lowest BCUT2D eigenvalue weighted by molar-refractivity contribution is 0.289. The number of para-hydroxylation sites is 1. The number of nitrogens with zero attached hydrogens (tertiary/aromatic N) is 1. The molecule has 0 amide bonds. The maximum atomic E-state index is 12.4. The van der Waals surface area contributed by atoms with Gasteiger partial charge in [-0.05, 0) is 37.0 Å². The maximum Gasteiger partial charge on any atom is 0.227 e. The van der Waals surface area contributed by atoms with Crippen molar-refractivity contribution in [3.05, 3.63) is 93.5 Å². The summed E-state index contributed by atoms with van der Waals surface area (Å²) in [5, 5.41) is 0. The van der Waals surface area contributed by atoms with Crippen LogP contribution in [0.15, 0.2) is 70.1 Å². The van der Waals surface area contributed by atoms with Crippen LogP contribution < -0.4 is 15.1 Å². The van der Waals surface area contributed by atoms with Crippen molar-refractivity contribution in [2.24, 2.45) is 0 Å². The maximum absolute atomic E-state index is 12.4. The van der Waals surface area contributed by atoms with E-state index in [0.717, 1.165) is 24.9 Å². The van der Waals surface area contributed by atoms with Crippen molar-refractivity contribution < 1.29 is 9.15 Å². The third-order valence-electron chi connectivity index (χ3n) is 4.88. The summed E-state index contributed by atoms with van der Waals surface area (Å²) in [6.45, 7) is 3.94. The van der Waals surface area contributed by atoms with E-state index in [1.165, 1.54) is 23.1 Å². The Morgan fingerprint density at radius 2 is 2.00 bits per heavy atom. The molecule has 1 aromatic heterocycles. The van der Waals surface area contributed by atoms with Gasteiger partial charge in [-0.2, -0.15) is 0 Å². The predicted octanol–water partition coefficient (Wildman–Crippen LogP) is 4.48. The number of hydrogen-bond acceptors (Lipinski definition) is 4. The fraction of sp³-hybridized carbons (Fsp3) is 0.261. The summed E-state index contributed by atoms with van der Waals surface area (Å²) in [4.78, 5) is 14.7. The minimum Gasteiger partial charge on any atom is -0.482 e. The summed E-state index contributed by atoms with van der Waals surface area (Å²) in [6, 6.07) is 18.0. The summed E-state index contributed by atoms with van der Waals surface area (Å²) in [6.07, 6.45) is 3.64. The van der Waals surface area contributed by atoms with Gasteiger partial charge in [0.05, 0.1) is 6.54 Å². The number of anilines is 1. The van der Waals surface area contributed by atoms with Crippen LogP contribution in [-0.2, 0) is 19.6 Å². The third kappa shape index (κ3) is 4.05. The van der Waals surface area contributed by atoms with Crippen LogP contribution in [-0.4, -0.2) is 6.54 Å². The van der Waals surface area contributed by atoms with E-state index in [2.05, 4.69) is 29.2 Å². The van der Waals surface area contributed by atoms with Crippen LogP contribution in [0.1, 0.15) is 28.9 Å². The first-order valence-corrected chi connectivity index (χ1v) is 9.32. The molecule has 0 saturated heterocycles. The Kier molecular flexibility index (Phi) is 4.97. The summed E-state index contributed by atoms with van der Waals surface area (Å²) in [7, 11) is 0. The van der Waals surface area contributed by atoms with Crippen LogP contribution in [0.3, 0.4) is 0 Å². The Morgan fingerprint density at radius 1 is 1.11 bits per heavy atom. The molecule has 2 aromatic carbocycles. The second kappa shape index (κ2) is 7.70. The van der Waals surface area contributed by atoms with E-state index < -0.39 is 0 Å². The van der Waals surface area contributed by atoms with Gasteiger partial charge >= 0.3 is 0 Å². The van der Waals surface area contributed by atoms with Gasteiger partial charge < -0.3 is 14.1 Å². The minimum atomic E-state index is -0.144. The lowest BCUT2D eigenvalue weighted by Gasteiger charge is -2.30. The highest BCUT2D eigenvalue weighted by Gasteiger charge is 2.17. The molecule has 0 unspecified atom stereocenters. The van der Waals surface area contributed by atoms with Crippen molar-refractivity contribution in [1.29, 1.82) is 0 Å². The van der Waals surface area contributed by atoms with Gasteiger partial charge in [-0.3, -0.25) is 4.79 Å². The fourth-order valence-corrected chi connectivity index (χ4v) is 3.55. The van der Waals surface area contributed by atoms with Gasteiger partial charge in [-0.15, -0.1) is 0 Å². The summed E-state index contributed by atoms with van der Waals surface area (Å²) < 4.78 is 11.4. The Morgan fingerprint density at radius 3 is 2.85 bits per heavy atom. The third-order valence-corrected chi connectivity index (χ3v) is 4.88. The van der Waals surface area contributed by atoms with Crippen molar-refractivity contribution in [2.45, 2.75) is 32.9 Å². The molecule has 0 radical (unpaired) electrons. The van der Waals surface area contributed by atoms with Gasteiger partial charge in [0.25, 0.3) is 0 Å². The minimum absolute atomic E-state index is 0.144. The topological polar surface area (TPSA) is 42.7 Å². The van der Waals surface area contributed by atoms with Crippen molar-refractivity contribution in [1.82, 2.24) is 0 Å². The lowest BCUT2D eigenvalue weighted by Crippen LogP contribution is -2.29. The van der Waals surface area contributed by atoms with E-state index >= 15 is 0 Å². The van der Waals surface area contributed by atoms with Crippen LogP contribution in [0.5, 0.6) is 5.75 Å². The van der Waals surface area contributed by atoms with E-state index in [-0.39, 0.29) is 11.2 Å². The van der Waals surface area contributed by atoms with Gasteiger partial charge in [0, 0.05) is 18.3 Å². The molecule has 27 heavy (non-hydrogen) atoms. The van der Waals surface area contributed by atoms with Gasteiger partial charge in [0.1, 0.15) is 18.6 Å². The van der Waals surface area contributed by atoms with E-state index in [9.17, 15) is 4.79 Å². The molecule has 0 saturated carbocycles. The zero-order valence-electron chi connectivity index (χ0n) is 15.5. The molecule has 0 N–H and O–H groups in total. The summed E-state index contributed by atoms with van der Waals surface area (Å²) >= 11 is 0. The molecule has 1 aliphatic heterocycles. The smallest absolute Gasteiger partial charge is 0.227 e. The normalized spacial score (nSPS) is 13.3. The molecule has 0 bridgehead atoms. The summed E-state index contributed by atoms with van der Waals surface area (Å²) in [5.74, 6) is 0.902. The second-order valence-corrected chi connectivity index (χ2v) is 7.01. The summed E-state index contributed by atoms with van der Waals surface area (Å²) in [5.41, 5.74) is 4.63. The molecule has 2 heterocycles. The molecule has 138 valence electrons. The number of benzene rings is 2. The van der Waals surface area contributed by atoms with Crippen molar-refractivity contribution in [2.75, 3.05) is 11.4 Å². The SMILES string of the molecule is Cc1cccc(COc2coc(CN3CCCc4ccccc43)cc2=O)c1. The van der Waals surface area contributed by atoms with Crippen molar-refractivity contribution in [3.63, 3.8) is 0 Å². The van der Waals surface area contributed by atoms with Crippen LogP contribution in [0.25, 0.3) is 0 Å². The molecule has 4 rings (SSSR count). The number of fused-ring (bicyclic) bond motifs is 1. The van der Waals surface area contributed by atoms with Crippen LogP contribution in [0, 0.1) is 6.92 Å². The van der Waals surface area contributed by atoms with Gasteiger partial charge in [-0.1, -0.05) is 48.0 Å². The molecule has 0 fully saturated rings. The Hall–Kier alpha value is -3.01. The highest BCUT2D eigenvalue weighted by Crippen LogP contribution is 2.28. The van der Waals surface area contributed by atoms with Gasteiger partial charge in [0.15, 0.2) is 0 Å². The quantitative estimate of drug-likeness (QED) is 0.672. The Bertz CT molecular complexity index is 993. The standard InChI is InChI=1S/C23H23NO3/c1-17-6-4-7-18(12-17)15-27-23-16-26-20(13-22(23)25)14-24-11-5-9-19-8-2-3-10-21(19)24/h2-4,6-8,10,12-13,16H,5,9,11,14-15H2,1H3. The zero-order valence-corrected chi connectivity index (χ0v) is 15.5. The molecule has 0 atom stereocenters. The van der Waals surface area contributed by atoms with E-state index in [0.29, 0.717) is 18.9 Å². The first-order chi connectivity index (χ1) is 13.2. The van der Waals surface area contributed by atoms with E-state index in [4.69, 9.17) is 9.15 Å². The van der Waals surface area contributed by atoms with Crippen molar-refractivity contribution >= 4 is 5.69 Å². The van der Waals surface area contributed by atoms with Gasteiger partial charge in [0.2, 0.25) is 11.2 Å². The predicted molar refractivity (Wildman–Crippen MR) is 106 cm³/mol. The van der Waals surface area contributed by atoms with Crippen LogP contribution in [0.2, 0.25) is 0 Å². The average Bonchev–Trinajstić information content (AvgIpc) is 2.68. The molecule has 1 aliphatic rings. The molecule has 3 aromatic rings. The van der Waals surface area contributed by atoms with E-state index in [1.807, 2.05) is 31.2 Å². The number of rotatable bonds is 5. The highest BCUT2D eigenvalue weighted by molar-refractivity contribution is 5.55. The highest BCUT2D eigenvalue weighted by atomic mass is 16.5. The second-order valence-electron chi connectivity index (χ2n) is 7.01. The van der Waals surface area contributed by atoms with Gasteiger partial charge in [-0.25, -0.2) is 0 Å². The first-order valence-electron chi connectivity index (χ1n) is 9.32. The Labute approximate surface area is 159 Å². The molecule has 4 heteroatoms. The lowest BCUT2D eigenvalue weighted by atomic mass is 10.0. The van der Waals surface area contributed by atoms with Crippen molar-refractivity contribution in [3.8, 4) is 5.75 Å². The average molecular weight is 361 g/mol. The largest absolute Gasteiger partial charge is 0.482 e. The molecule has 0 spiro atoms. The number of aryl methyl sites for hydroxylation is 2. The monoisotopic (exact) mass is 361 g/mol. The number of hydrogen-bond donors (Lipinski definition) is 0. The Balaban J connectivity index is 1.45. The van der Waals surface area contributed by atoms with E-state index in [1.54, 1.807) is 6.07 Å². The molecule has 4 nitrogen and oxygen atoms in total. The molecule has 0 aliphatic carbocycles. The number of ether oxygens (including phenoxy) is 1. The molecular weight excluding hydrogens is 338 g/mol. The van der Waals surface area contributed by atoms with Crippen LogP contribution in [0.4, 0.5) is 5.69 Å². The fourth-order valence-electron chi connectivity index (χ4n) is 3.55. The zero-order chi connectivity index (χ0) is 18.6. The molecular formula is C23H23NO3.